The second kappa shape index (κ2) is 10.3. The number of benzene rings is 3. The van der Waals surface area contributed by atoms with Crippen LogP contribution in [-0.2, 0) is 16.2 Å². The van der Waals surface area contributed by atoms with E-state index in [9.17, 15) is 18.8 Å². The predicted octanol–water partition coefficient (Wildman–Crippen LogP) is 5.58. The maximum atomic E-state index is 13.1. The molecular formula is C28H25FN2O4. The Hall–Kier alpha value is -4.26. The van der Waals surface area contributed by atoms with Crippen molar-refractivity contribution in [2.24, 2.45) is 0 Å². The number of ether oxygens (including phenoxy) is 1. The van der Waals surface area contributed by atoms with E-state index in [2.05, 4.69) is 19.2 Å². The maximum Gasteiger partial charge on any atom is 0.335 e. The molecule has 4 amide bonds. The van der Waals surface area contributed by atoms with E-state index in [0.717, 1.165) is 22.4 Å². The molecule has 1 aliphatic heterocycles. The zero-order chi connectivity index (χ0) is 24.9. The summed E-state index contributed by atoms with van der Waals surface area (Å²) >= 11 is 0. The molecule has 0 spiro atoms. The van der Waals surface area contributed by atoms with Gasteiger partial charge >= 0.3 is 6.03 Å². The Labute approximate surface area is 203 Å². The van der Waals surface area contributed by atoms with Crippen molar-refractivity contribution in [2.45, 2.75) is 32.8 Å². The van der Waals surface area contributed by atoms with E-state index in [1.54, 1.807) is 48.5 Å². The molecule has 6 nitrogen and oxygen atoms in total. The van der Waals surface area contributed by atoms with Gasteiger partial charge in [-0.1, -0.05) is 50.2 Å². The van der Waals surface area contributed by atoms with Crippen LogP contribution in [0.5, 0.6) is 5.75 Å². The monoisotopic (exact) mass is 472 g/mol. The number of imide groups is 2. The Morgan fingerprint density at radius 3 is 2.23 bits per heavy atom. The molecule has 35 heavy (non-hydrogen) atoms. The third-order valence-corrected chi connectivity index (χ3v) is 5.94. The number of hydrogen-bond acceptors (Lipinski definition) is 4. The summed E-state index contributed by atoms with van der Waals surface area (Å²) in [6.45, 7) is 4.47. The molecule has 0 aliphatic carbocycles. The fraction of sp³-hybridized carbons (Fsp3) is 0.179. The van der Waals surface area contributed by atoms with Gasteiger partial charge in [0.15, 0.2) is 0 Å². The van der Waals surface area contributed by atoms with Crippen LogP contribution in [0.2, 0.25) is 0 Å². The second-order valence-electron chi connectivity index (χ2n) is 8.34. The first-order chi connectivity index (χ1) is 16.9. The van der Waals surface area contributed by atoms with Crippen molar-refractivity contribution in [3.8, 4) is 5.75 Å². The number of nitrogens with one attached hydrogen (secondary N) is 1. The number of halogens is 1. The first-order valence-electron chi connectivity index (χ1n) is 11.3. The van der Waals surface area contributed by atoms with Gasteiger partial charge in [-0.15, -0.1) is 0 Å². The van der Waals surface area contributed by atoms with Gasteiger partial charge in [-0.25, -0.2) is 14.1 Å². The molecule has 4 rings (SSSR count). The molecular weight excluding hydrogens is 447 g/mol. The van der Waals surface area contributed by atoms with Crippen LogP contribution < -0.4 is 15.0 Å². The Bertz CT molecular complexity index is 1270. The average molecular weight is 473 g/mol. The summed E-state index contributed by atoms with van der Waals surface area (Å²) in [6, 6.07) is 19.3. The summed E-state index contributed by atoms with van der Waals surface area (Å²) in [6.07, 6.45) is 2.41. The van der Waals surface area contributed by atoms with E-state index in [1.807, 2.05) is 12.1 Å². The normalized spacial score (nSPS) is 15.8. The van der Waals surface area contributed by atoms with E-state index in [4.69, 9.17) is 4.74 Å². The minimum Gasteiger partial charge on any atom is -0.489 e. The Morgan fingerprint density at radius 2 is 1.60 bits per heavy atom. The molecule has 1 aliphatic rings. The molecule has 0 aromatic heterocycles. The maximum absolute atomic E-state index is 13.1. The first-order valence-corrected chi connectivity index (χ1v) is 11.3. The van der Waals surface area contributed by atoms with E-state index in [1.165, 1.54) is 18.2 Å². The molecule has 7 heteroatoms. The summed E-state index contributed by atoms with van der Waals surface area (Å²) in [5.41, 5.74) is 2.77. The minimum absolute atomic E-state index is 0.143. The zero-order valence-electron chi connectivity index (χ0n) is 19.5. The average Bonchev–Trinajstić information content (AvgIpc) is 2.87. The van der Waals surface area contributed by atoms with Gasteiger partial charge in [-0.3, -0.25) is 14.9 Å². The third kappa shape index (κ3) is 5.46. The predicted molar refractivity (Wildman–Crippen MR) is 131 cm³/mol. The van der Waals surface area contributed by atoms with Crippen molar-refractivity contribution in [1.82, 2.24) is 5.32 Å². The van der Waals surface area contributed by atoms with Gasteiger partial charge < -0.3 is 4.74 Å². The SMILES string of the molecule is CC[C@@H](C)c1ccc(N2C(=O)NC(=O)/C(=C/c3ccc(OCc4ccc(F)cc4)cc3)C2=O)cc1. The van der Waals surface area contributed by atoms with Crippen LogP contribution in [0.4, 0.5) is 14.9 Å². The lowest BCUT2D eigenvalue weighted by Crippen LogP contribution is -2.54. The topological polar surface area (TPSA) is 75.7 Å². The third-order valence-electron chi connectivity index (χ3n) is 5.94. The molecule has 1 saturated heterocycles. The molecule has 1 atom stereocenters. The number of hydrogen-bond donors (Lipinski definition) is 1. The highest BCUT2D eigenvalue weighted by molar-refractivity contribution is 6.39. The lowest BCUT2D eigenvalue weighted by atomic mass is 9.98. The van der Waals surface area contributed by atoms with Crippen LogP contribution in [0, 0.1) is 5.82 Å². The first kappa shape index (κ1) is 23.9. The minimum atomic E-state index is -0.780. The van der Waals surface area contributed by atoms with Crippen LogP contribution >= 0.6 is 0 Å². The Kier molecular flexibility index (Phi) is 7.06. The Balaban J connectivity index is 1.50. The van der Waals surface area contributed by atoms with Crippen LogP contribution in [0.1, 0.15) is 42.9 Å². The largest absolute Gasteiger partial charge is 0.489 e. The van der Waals surface area contributed by atoms with Gasteiger partial charge in [0.1, 0.15) is 23.7 Å². The zero-order valence-corrected chi connectivity index (χ0v) is 19.5. The molecule has 0 radical (unpaired) electrons. The summed E-state index contributed by atoms with van der Waals surface area (Å²) in [5, 5.41) is 2.24. The standard InChI is InChI=1S/C28H25FN2O4/c1-3-18(2)21-8-12-23(13-9-21)31-27(33)25(26(32)30-28(31)34)16-19-6-14-24(15-7-19)35-17-20-4-10-22(29)11-5-20/h4-16,18H,3,17H2,1-2H3,(H,30,32,34)/b25-16-/t18-/m1/s1. The number of carbonyl (C=O) groups excluding carboxylic acids is 3. The summed E-state index contributed by atoms with van der Waals surface area (Å²) in [7, 11) is 0. The highest BCUT2D eigenvalue weighted by Crippen LogP contribution is 2.26. The molecule has 0 unspecified atom stereocenters. The summed E-state index contributed by atoms with van der Waals surface area (Å²) in [4.78, 5) is 38.9. The second-order valence-corrected chi connectivity index (χ2v) is 8.34. The van der Waals surface area contributed by atoms with Crippen LogP contribution in [0.3, 0.4) is 0 Å². The highest BCUT2D eigenvalue weighted by atomic mass is 19.1. The van der Waals surface area contributed by atoms with E-state index in [0.29, 0.717) is 22.9 Å². The van der Waals surface area contributed by atoms with Crippen molar-refractivity contribution in [2.75, 3.05) is 4.90 Å². The smallest absolute Gasteiger partial charge is 0.335 e. The van der Waals surface area contributed by atoms with Gasteiger partial charge in [0, 0.05) is 0 Å². The lowest BCUT2D eigenvalue weighted by molar-refractivity contribution is -0.122. The molecule has 1 heterocycles. The van der Waals surface area contributed by atoms with E-state index < -0.39 is 17.8 Å². The van der Waals surface area contributed by atoms with Crippen molar-refractivity contribution < 1.29 is 23.5 Å². The van der Waals surface area contributed by atoms with E-state index >= 15 is 0 Å². The van der Waals surface area contributed by atoms with Gasteiger partial charge in [0.2, 0.25) is 0 Å². The van der Waals surface area contributed by atoms with Gasteiger partial charge in [0.25, 0.3) is 11.8 Å². The number of amides is 4. The fourth-order valence-corrected chi connectivity index (χ4v) is 3.65. The van der Waals surface area contributed by atoms with Gasteiger partial charge in [0.05, 0.1) is 5.69 Å². The fourth-order valence-electron chi connectivity index (χ4n) is 3.65. The number of rotatable bonds is 7. The lowest BCUT2D eigenvalue weighted by Gasteiger charge is -2.26. The van der Waals surface area contributed by atoms with Crippen LogP contribution in [-0.4, -0.2) is 17.8 Å². The number of anilines is 1. The molecule has 1 N–H and O–H groups in total. The Morgan fingerprint density at radius 1 is 0.943 bits per heavy atom. The van der Waals surface area contributed by atoms with Gasteiger partial charge in [-0.05, 0) is 71.5 Å². The summed E-state index contributed by atoms with van der Waals surface area (Å²) < 4.78 is 18.7. The molecule has 178 valence electrons. The van der Waals surface area contributed by atoms with Crippen LogP contribution in [0.15, 0.2) is 78.4 Å². The molecule has 3 aromatic carbocycles. The van der Waals surface area contributed by atoms with Crippen LogP contribution in [0.25, 0.3) is 6.08 Å². The number of urea groups is 1. The van der Waals surface area contributed by atoms with Gasteiger partial charge in [-0.2, -0.15) is 0 Å². The van der Waals surface area contributed by atoms with Crippen molar-refractivity contribution in [1.29, 1.82) is 0 Å². The summed E-state index contributed by atoms with van der Waals surface area (Å²) in [5.74, 6) is -0.810. The molecule has 0 saturated carbocycles. The van der Waals surface area contributed by atoms with E-state index in [-0.39, 0.29) is 18.0 Å². The number of carbonyl (C=O) groups is 3. The van der Waals surface area contributed by atoms with Crippen molar-refractivity contribution in [3.63, 3.8) is 0 Å². The number of nitrogens with zero attached hydrogens (tertiary/aromatic N) is 1. The van der Waals surface area contributed by atoms with Crippen molar-refractivity contribution in [3.05, 3.63) is 101 Å². The molecule has 3 aromatic rings. The number of barbiturate groups is 1. The van der Waals surface area contributed by atoms with Crippen molar-refractivity contribution >= 4 is 29.6 Å². The molecule has 0 bridgehead atoms. The molecule has 1 fully saturated rings. The highest BCUT2D eigenvalue weighted by Gasteiger charge is 2.36. The quantitative estimate of drug-likeness (QED) is 0.360.